The van der Waals surface area contributed by atoms with E-state index in [0.29, 0.717) is 12.5 Å². The molecule has 0 aliphatic carbocycles. The summed E-state index contributed by atoms with van der Waals surface area (Å²) in [5.74, 6) is 0.408. The number of aliphatic hydroxyl groups is 1. The van der Waals surface area contributed by atoms with E-state index in [2.05, 4.69) is 31.2 Å². The van der Waals surface area contributed by atoms with E-state index >= 15 is 0 Å². The Bertz CT molecular complexity index is 250. The van der Waals surface area contributed by atoms with Crippen LogP contribution in [0.15, 0.2) is 24.3 Å². The van der Waals surface area contributed by atoms with Gasteiger partial charge >= 0.3 is 0 Å². The van der Waals surface area contributed by atoms with Crippen LogP contribution in [-0.2, 0) is 0 Å². The van der Waals surface area contributed by atoms with Crippen LogP contribution in [0.2, 0.25) is 0 Å². The Morgan fingerprint density at radius 1 is 1.21 bits per heavy atom. The van der Waals surface area contributed by atoms with Gasteiger partial charge < -0.3 is 10.8 Å². The molecule has 0 aliphatic heterocycles. The molecule has 3 N–H and O–H groups in total. The molecule has 1 aromatic carbocycles. The van der Waals surface area contributed by atoms with E-state index in [4.69, 9.17) is 10.8 Å². The first-order chi connectivity index (χ1) is 6.77. The van der Waals surface area contributed by atoms with Crippen LogP contribution in [0.25, 0.3) is 0 Å². The van der Waals surface area contributed by atoms with E-state index in [1.165, 1.54) is 11.1 Å². The summed E-state index contributed by atoms with van der Waals surface area (Å²) >= 11 is 0. The highest BCUT2D eigenvalue weighted by atomic mass is 16.3. The Morgan fingerprint density at radius 3 is 2.36 bits per heavy atom. The lowest BCUT2D eigenvalue weighted by atomic mass is 9.92. The van der Waals surface area contributed by atoms with Gasteiger partial charge in [0.15, 0.2) is 0 Å². The first-order valence-corrected chi connectivity index (χ1v) is 5.15. The zero-order valence-electron chi connectivity index (χ0n) is 8.74. The SMILES string of the molecule is Cc1ccc([C@H](CCN)CCO)cc1. The number of aryl methyl sites for hydroxylation is 1. The summed E-state index contributed by atoms with van der Waals surface area (Å²) in [5.41, 5.74) is 8.10. The summed E-state index contributed by atoms with van der Waals surface area (Å²) in [5, 5.41) is 8.94. The molecule has 2 heteroatoms. The Labute approximate surface area is 85.8 Å². The molecule has 0 saturated heterocycles. The van der Waals surface area contributed by atoms with Crippen LogP contribution < -0.4 is 5.73 Å². The van der Waals surface area contributed by atoms with Crippen molar-refractivity contribution in [2.75, 3.05) is 13.2 Å². The van der Waals surface area contributed by atoms with Gasteiger partial charge in [0.2, 0.25) is 0 Å². The number of nitrogens with two attached hydrogens (primary N) is 1. The van der Waals surface area contributed by atoms with Gasteiger partial charge in [-0.05, 0) is 37.8 Å². The minimum Gasteiger partial charge on any atom is -0.396 e. The summed E-state index contributed by atoms with van der Waals surface area (Å²) in [6.07, 6.45) is 1.75. The maximum Gasteiger partial charge on any atom is 0.0436 e. The highest BCUT2D eigenvalue weighted by Gasteiger charge is 2.09. The highest BCUT2D eigenvalue weighted by Crippen LogP contribution is 2.22. The third-order valence-electron chi connectivity index (χ3n) is 2.54. The van der Waals surface area contributed by atoms with Crippen molar-refractivity contribution in [1.29, 1.82) is 0 Å². The number of rotatable bonds is 5. The zero-order chi connectivity index (χ0) is 10.4. The molecular formula is C12H19NO. The molecule has 78 valence electrons. The first kappa shape index (κ1) is 11.2. The predicted molar refractivity (Wildman–Crippen MR) is 59.3 cm³/mol. The molecular weight excluding hydrogens is 174 g/mol. The maximum absolute atomic E-state index is 8.94. The third-order valence-corrected chi connectivity index (χ3v) is 2.54. The van der Waals surface area contributed by atoms with E-state index in [1.54, 1.807) is 0 Å². The minimum absolute atomic E-state index is 0.235. The molecule has 14 heavy (non-hydrogen) atoms. The Morgan fingerprint density at radius 2 is 1.86 bits per heavy atom. The van der Waals surface area contributed by atoms with Crippen molar-refractivity contribution in [3.05, 3.63) is 35.4 Å². The second-order valence-corrected chi connectivity index (χ2v) is 3.70. The van der Waals surface area contributed by atoms with Crippen LogP contribution in [0.4, 0.5) is 0 Å². The third kappa shape index (κ3) is 3.13. The molecule has 0 amide bonds. The Kier molecular flexibility index (Phi) is 4.63. The van der Waals surface area contributed by atoms with Crippen molar-refractivity contribution in [1.82, 2.24) is 0 Å². The first-order valence-electron chi connectivity index (χ1n) is 5.15. The van der Waals surface area contributed by atoms with Gasteiger partial charge in [0.25, 0.3) is 0 Å². The molecule has 2 nitrogen and oxygen atoms in total. The van der Waals surface area contributed by atoms with Crippen LogP contribution in [-0.4, -0.2) is 18.3 Å². The highest BCUT2D eigenvalue weighted by molar-refractivity contribution is 5.24. The summed E-state index contributed by atoms with van der Waals surface area (Å²) < 4.78 is 0. The smallest absolute Gasteiger partial charge is 0.0436 e. The van der Waals surface area contributed by atoms with E-state index in [9.17, 15) is 0 Å². The molecule has 1 atom stereocenters. The Hall–Kier alpha value is -0.860. The van der Waals surface area contributed by atoms with Crippen molar-refractivity contribution in [3.8, 4) is 0 Å². The molecule has 0 aromatic heterocycles. The van der Waals surface area contributed by atoms with Crippen LogP contribution in [0.1, 0.15) is 29.9 Å². The average molecular weight is 193 g/mol. The molecule has 0 unspecified atom stereocenters. The lowest BCUT2D eigenvalue weighted by molar-refractivity contribution is 0.273. The number of hydrogen-bond acceptors (Lipinski definition) is 2. The number of hydrogen-bond donors (Lipinski definition) is 2. The molecule has 1 aromatic rings. The van der Waals surface area contributed by atoms with Gasteiger partial charge in [0.1, 0.15) is 0 Å². The fourth-order valence-corrected chi connectivity index (χ4v) is 1.67. The summed E-state index contributed by atoms with van der Waals surface area (Å²) in [6, 6.07) is 8.48. The normalized spacial score (nSPS) is 12.8. The quantitative estimate of drug-likeness (QED) is 0.749. The van der Waals surface area contributed by atoms with E-state index in [-0.39, 0.29) is 6.61 Å². The monoisotopic (exact) mass is 193 g/mol. The fraction of sp³-hybridized carbons (Fsp3) is 0.500. The van der Waals surface area contributed by atoms with E-state index < -0.39 is 0 Å². The lowest BCUT2D eigenvalue weighted by Gasteiger charge is -2.15. The predicted octanol–water partition coefficient (Wildman–Crippen LogP) is 1.81. The topological polar surface area (TPSA) is 46.2 Å². The summed E-state index contributed by atoms with van der Waals surface area (Å²) in [4.78, 5) is 0. The zero-order valence-corrected chi connectivity index (χ0v) is 8.74. The van der Waals surface area contributed by atoms with Crippen LogP contribution >= 0.6 is 0 Å². The lowest BCUT2D eigenvalue weighted by Crippen LogP contribution is -2.09. The van der Waals surface area contributed by atoms with Crippen molar-refractivity contribution in [2.24, 2.45) is 5.73 Å². The molecule has 0 bridgehead atoms. The van der Waals surface area contributed by atoms with Gasteiger partial charge in [-0.1, -0.05) is 29.8 Å². The molecule has 0 aliphatic rings. The second kappa shape index (κ2) is 5.78. The molecule has 0 saturated carbocycles. The molecule has 1 rings (SSSR count). The van der Waals surface area contributed by atoms with Gasteiger partial charge in [0, 0.05) is 6.61 Å². The number of benzene rings is 1. The van der Waals surface area contributed by atoms with E-state index in [1.807, 2.05) is 0 Å². The Balaban J connectivity index is 2.71. The van der Waals surface area contributed by atoms with Gasteiger partial charge in [-0.2, -0.15) is 0 Å². The summed E-state index contributed by atoms with van der Waals surface area (Å²) in [7, 11) is 0. The van der Waals surface area contributed by atoms with Crippen LogP contribution in [0.3, 0.4) is 0 Å². The van der Waals surface area contributed by atoms with Gasteiger partial charge in [0.05, 0.1) is 0 Å². The van der Waals surface area contributed by atoms with Crippen LogP contribution in [0, 0.1) is 6.92 Å². The number of aliphatic hydroxyl groups excluding tert-OH is 1. The molecule has 0 heterocycles. The standard InChI is InChI=1S/C12H19NO/c1-10-2-4-11(5-3-10)12(6-8-13)7-9-14/h2-5,12,14H,6-9,13H2,1H3/t12-/m1/s1. The van der Waals surface area contributed by atoms with E-state index in [0.717, 1.165) is 12.8 Å². The fourth-order valence-electron chi connectivity index (χ4n) is 1.67. The molecule has 0 radical (unpaired) electrons. The van der Waals surface area contributed by atoms with Crippen LogP contribution in [0.5, 0.6) is 0 Å². The van der Waals surface area contributed by atoms with Gasteiger partial charge in [-0.15, -0.1) is 0 Å². The second-order valence-electron chi connectivity index (χ2n) is 3.70. The van der Waals surface area contributed by atoms with Gasteiger partial charge in [-0.25, -0.2) is 0 Å². The largest absolute Gasteiger partial charge is 0.396 e. The van der Waals surface area contributed by atoms with Crippen molar-refractivity contribution >= 4 is 0 Å². The maximum atomic E-state index is 8.94. The van der Waals surface area contributed by atoms with Crippen molar-refractivity contribution in [3.63, 3.8) is 0 Å². The van der Waals surface area contributed by atoms with Crippen molar-refractivity contribution in [2.45, 2.75) is 25.7 Å². The average Bonchev–Trinajstić information content (AvgIpc) is 2.19. The minimum atomic E-state index is 0.235. The van der Waals surface area contributed by atoms with Gasteiger partial charge in [-0.3, -0.25) is 0 Å². The summed E-state index contributed by atoms with van der Waals surface area (Å²) in [6.45, 7) is 2.99. The van der Waals surface area contributed by atoms with Crippen molar-refractivity contribution < 1.29 is 5.11 Å². The molecule has 0 fully saturated rings. The molecule has 0 spiro atoms.